The van der Waals surface area contributed by atoms with E-state index in [0.29, 0.717) is 6.61 Å². The summed E-state index contributed by atoms with van der Waals surface area (Å²) in [4.78, 5) is 16.6. The van der Waals surface area contributed by atoms with Crippen molar-refractivity contribution in [3.8, 4) is 16.3 Å². The fourth-order valence-electron chi connectivity index (χ4n) is 2.35. The molecule has 138 valence electrons. The van der Waals surface area contributed by atoms with E-state index in [4.69, 9.17) is 4.74 Å². The minimum absolute atomic E-state index is 0.195. The Morgan fingerprint density at radius 3 is 2.70 bits per heavy atom. The number of rotatable bonds is 8. The minimum atomic E-state index is -0.195. The normalized spacial score (nSPS) is 10.9. The van der Waals surface area contributed by atoms with Crippen LogP contribution in [0.1, 0.15) is 24.6 Å². The van der Waals surface area contributed by atoms with Crippen molar-refractivity contribution in [1.82, 2.24) is 10.4 Å². The maximum atomic E-state index is 12.0. The zero-order chi connectivity index (χ0) is 18.9. The van der Waals surface area contributed by atoms with E-state index in [9.17, 15) is 4.79 Å². The minimum Gasteiger partial charge on any atom is -0.494 e. The molecule has 0 aliphatic carbocycles. The Morgan fingerprint density at radius 2 is 1.96 bits per heavy atom. The summed E-state index contributed by atoms with van der Waals surface area (Å²) in [6.07, 6.45) is 2.78. The molecule has 0 bridgehead atoms. The lowest BCUT2D eigenvalue weighted by Crippen LogP contribution is -2.19. The number of nitrogens with zero attached hydrogens (tertiary/aromatic N) is 2. The molecule has 3 aromatic rings. The molecule has 0 saturated carbocycles. The fraction of sp³-hybridized carbons (Fsp3) is 0.190. The van der Waals surface area contributed by atoms with Crippen LogP contribution in [-0.2, 0) is 11.2 Å². The van der Waals surface area contributed by atoms with Gasteiger partial charge in [-0.25, -0.2) is 10.4 Å². The van der Waals surface area contributed by atoms with Gasteiger partial charge >= 0.3 is 0 Å². The van der Waals surface area contributed by atoms with Gasteiger partial charge in [-0.05, 0) is 36.2 Å². The molecule has 1 heterocycles. The molecule has 2 aromatic carbocycles. The second-order valence-corrected chi connectivity index (χ2v) is 6.76. The number of amides is 1. The van der Waals surface area contributed by atoms with Gasteiger partial charge < -0.3 is 4.74 Å². The summed E-state index contributed by atoms with van der Waals surface area (Å²) in [6, 6.07) is 17.5. The van der Waals surface area contributed by atoms with E-state index < -0.39 is 0 Å². The van der Waals surface area contributed by atoms with Gasteiger partial charge in [0.05, 0.1) is 24.9 Å². The Kier molecular flexibility index (Phi) is 6.71. The van der Waals surface area contributed by atoms with Crippen molar-refractivity contribution in [2.24, 2.45) is 5.10 Å². The smallest absolute Gasteiger partial charge is 0.246 e. The topological polar surface area (TPSA) is 63.6 Å². The lowest BCUT2D eigenvalue weighted by atomic mass is 10.2. The van der Waals surface area contributed by atoms with Gasteiger partial charge in [0.25, 0.3) is 0 Å². The standard InChI is InChI=1S/C21H21N3O2S/c1-2-12-26-19-10-8-16(9-11-19)14-22-24-20(25)13-18-15-27-21(23-18)17-6-4-3-5-7-17/h3-11,14-15H,2,12-13H2,1H3,(H,24,25)/b22-14+. The molecule has 0 fully saturated rings. The molecule has 1 N–H and O–H groups in total. The fourth-order valence-corrected chi connectivity index (χ4v) is 3.18. The lowest BCUT2D eigenvalue weighted by Gasteiger charge is -2.03. The summed E-state index contributed by atoms with van der Waals surface area (Å²) in [7, 11) is 0. The zero-order valence-corrected chi connectivity index (χ0v) is 15.9. The average Bonchev–Trinajstić information content (AvgIpc) is 3.16. The summed E-state index contributed by atoms with van der Waals surface area (Å²) in [5, 5.41) is 6.82. The Bertz CT molecular complexity index is 889. The van der Waals surface area contributed by atoms with E-state index >= 15 is 0 Å². The van der Waals surface area contributed by atoms with Crippen LogP contribution in [0.2, 0.25) is 0 Å². The van der Waals surface area contributed by atoms with Crippen LogP contribution >= 0.6 is 11.3 Å². The van der Waals surface area contributed by atoms with E-state index in [1.54, 1.807) is 6.21 Å². The van der Waals surface area contributed by atoms with Crippen LogP contribution < -0.4 is 10.2 Å². The first-order valence-corrected chi connectivity index (χ1v) is 9.67. The maximum Gasteiger partial charge on any atom is 0.246 e. The Balaban J connectivity index is 1.49. The molecule has 3 rings (SSSR count). The van der Waals surface area contributed by atoms with Gasteiger partial charge in [-0.3, -0.25) is 4.79 Å². The van der Waals surface area contributed by atoms with Crippen LogP contribution in [0.15, 0.2) is 65.1 Å². The van der Waals surface area contributed by atoms with Crippen molar-refractivity contribution >= 4 is 23.5 Å². The van der Waals surface area contributed by atoms with Gasteiger partial charge in [-0.15, -0.1) is 11.3 Å². The third-order valence-corrected chi connectivity index (χ3v) is 4.61. The zero-order valence-electron chi connectivity index (χ0n) is 15.1. The summed E-state index contributed by atoms with van der Waals surface area (Å²) in [5.74, 6) is 0.634. The third-order valence-electron chi connectivity index (χ3n) is 3.67. The molecule has 0 spiro atoms. The Morgan fingerprint density at radius 1 is 1.19 bits per heavy atom. The molecule has 0 saturated heterocycles. The second kappa shape index (κ2) is 9.64. The number of hydrogen-bond donors (Lipinski definition) is 1. The van der Waals surface area contributed by atoms with Crippen LogP contribution in [0.3, 0.4) is 0 Å². The summed E-state index contributed by atoms with van der Waals surface area (Å²) >= 11 is 1.53. The van der Waals surface area contributed by atoms with Crippen molar-refractivity contribution in [1.29, 1.82) is 0 Å². The largest absolute Gasteiger partial charge is 0.494 e. The van der Waals surface area contributed by atoms with Crippen molar-refractivity contribution < 1.29 is 9.53 Å². The van der Waals surface area contributed by atoms with Gasteiger partial charge in [0.1, 0.15) is 10.8 Å². The number of ether oxygens (including phenoxy) is 1. The number of nitrogens with one attached hydrogen (secondary N) is 1. The molecular formula is C21H21N3O2S. The highest BCUT2D eigenvalue weighted by Gasteiger charge is 2.08. The van der Waals surface area contributed by atoms with Crippen molar-refractivity contribution in [3.63, 3.8) is 0 Å². The number of hydrogen-bond acceptors (Lipinski definition) is 5. The molecule has 6 heteroatoms. The van der Waals surface area contributed by atoms with E-state index in [1.165, 1.54) is 11.3 Å². The predicted molar refractivity (Wildman–Crippen MR) is 109 cm³/mol. The number of hydrazone groups is 1. The highest BCUT2D eigenvalue weighted by atomic mass is 32.1. The number of carbonyl (C=O) groups excluding carboxylic acids is 1. The first-order valence-electron chi connectivity index (χ1n) is 8.79. The highest BCUT2D eigenvalue weighted by molar-refractivity contribution is 7.13. The van der Waals surface area contributed by atoms with Gasteiger partial charge in [0.15, 0.2) is 0 Å². The molecule has 27 heavy (non-hydrogen) atoms. The number of benzene rings is 2. The Labute approximate surface area is 162 Å². The number of thiazole rings is 1. The molecule has 1 aromatic heterocycles. The van der Waals surface area contributed by atoms with E-state index in [0.717, 1.165) is 34.0 Å². The summed E-state index contributed by atoms with van der Waals surface area (Å²) in [5.41, 5.74) is 5.22. The predicted octanol–water partition coefficient (Wildman–Crippen LogP) is 4.29. The maximum absolute atomic E-state index is 12.0. The molecule has 0 aliphatic rings. The third kappa shape index (κ3) is 5.76. The van der Waals surface area contributed by atoms with Crippen LogP contribution in [-0.4, -0.2) is 23.7 Å². The van der Waals surface area contributed by atoms with E-state index in [2.05, 4.69) is 22.4 Å². The molecule has 0 radical (unpaired) electrons. The monoisotopic (exact) mass is 379 g/mol. The van der Waals surface area contributed by atoms with Crippen LogP contribution in [0.25, 0.3) is 10.6 Å². The van der Waals surface area contributed by atoms with Crippen molar-refractivity contribution in [2.75, 3.05) is 6.61 Å². The van der Waals surface area contributed by atoms with Gasteiger partial charge in [0.2, 0.25) is 5.91 Å². The first-order chi connectivity index (χ1) is 13.2. The van der Waals surface area contributed by atoms with Gasteiger partial charge in [-0.2, -0.15) is 5.10 Å². The van der Waals surface area contributed by atoms with Gasteiger partial charge in [-0.1, -0.05) is 37.3 Å². The van der Waals surface area contributed by atoms with Crippen LogP contribution in [0, 0.1) is 0 Å². The van der Waals surface area contributed by atoms with Crippen LogP contribution in [0.4, 0.5) is 0 Å². The lowest BCUT2D eigenvalue weighted by molar-refractivity contribution is -0.120. The van der Waals surface area contributed by atoms with Crippen molar-refractivity contribution in [2.45, 2.75) is 19.8 Å². The Hall–Kier alpha value is -2.99. The van der Waals surface area contributed by atoms with Gasteiger partial charge in [0, 0.05) is 10.9 Å². The van der Waals surface area contributed by atoms with Crippen LogP contribution in [0.5, 0.6) is 5.75 Å². The summed E-state index contributed by atoms with van der Waals surface area (Å²) in [6.45, 7) is 2.77. The summed E-state index contributed by atoms with van der Waals surface area (Å²) < 4.78 is 5.53. The molecule has 0 atom stereocenters. The molecule has 0 aliphatic heterocycles. The quantitative estimate of drug-likeness (QED) is 0.469. The van der Waals surface area contributed by atoms with E-state index in [1.807, 2.05) is 60.0 Å². The number of aromatic nitrogens is 1. The number of carbonyl (C=O) groups is 1. The second-order valence-electron chi connectivity index (χ2n) is 5.90. The average molecular weight is 379 g/mol. The molecule has 0 unspecified atom stereocenters. The molecule has 5 nitrogen and oxygen atoms in total. The van der Waals surface area contributed by atoms with E-state index in [-0.39, 0.29) is 12.3 Å². The first kappa shape index (κ1) is 18.8. The SMILES string of the molecule is CCCOc1ccc(/C=N/NC(=O)Cc2csc(-c3ccccc3)n2)cc1. The molecular weight excluding hydrogens is 358 g/mol. The van der Waals surface area contributed by atoms with Crippen molar-refractivity contribution in [3.05, 3.63) is 71.2 Å². The highest BCUT2D eigenvalue weighted by Crippen LogP contribution is 2.23. The molecule has 1 amide bonds.